The standard InChI is InChI=1S/C14H14N4O2/c1-20-11-5-2-9(3-6-11)12(19)7-4-10-8-17-14(16)18-13(10)15/h2-8H,1H3,(H4,15,16,17,18)/b7-4+. The lowest BCUT2D eigenvalue weighted by atomic mass is 10.1. The van der Waals surface area contributed by atoms with Gasteiger partial charge in [-0.1, -0.05) is 0 Å². The number of rotatable bonds is 4. The average molecular weight is 270 g/mol. The third-order valence-electron chi connectivity index (χ3n) is 2.66. The van der Waals surface area contributed by atoms with Crippen molar-refractivity contribution < 1.29 is 9.53 Å². The second-order valence-corrected chi connectivity index (χ2v) is 3.99. The summed E-state index contributed by atoms with van der Waals surface area (Å²) in [6.45, 7) is 0. The third-order valence-corrected chi connectivity index (χ3v) is 2.66. The Hall–Kier alpha value is -2.89. The van der Waals surface area contributed by atoms with E-state index in [2.05, 4.69) is 9.97 Å². The van der Waals surface area contributed by atoms with Crippen LogP contribution in [0.5, 0.6) is 5.75 Å². The van der Waals surface area contributed by atoms with Crippen LogP contribution in [0.2, 0.25) is 0 Å². The molecule has 0 spiro atoms. The lowest BCUT2D eigenvalue weighted by molar-refractivity contribution is 0.104. The number of hydrogen-bond acceptors (Lipinski definition) is 6. The Morgan fingerprint density at radius 2 is 1.95 bits per heavy atom. The summed E-state index contributed by atoms with van der Waals surface area (Å²) in [7, 11) is 1.57. The summed E-state index contributed by atoms with van der Waals surface area (Å²) in [5.74, 6) is 0.878. The number of carbonyl (C=O) groups is 1. The molecule has 0 radical (unpaired) electrons. The third kappa shape index (κ3) is 3.11. The van der Waals surface area contributed by atoms with E-state index >= 15 is 0 Å². The van der Waals surface area contributed by atoms with Gasteiger partial charge in [0.1, 0.15) is 11.6 Å². The van der Waals surface area contributed by atoms with Crippen LogP contribution in [-0.2, 0) is 0 Å². The topological polar surface area (TPSA) is 104 Å². The molecule has 0 saturated carbocycles. The number of allylic oxidation sites excluding steroid dienone is 1. The molecule has 0 saturated heterocycles. The number of methoxy groups -OCH3 is 1. The van der Waals surface area contributed by atoms with E-state index in [-0.39, 0.29) is 17.5 Å². The number of ether oxygens (including phenoxy) is 1. The fraction of sp³-hybridized carbons (Fsp3) is 0.0714. The zero-order valence-corrected chi connectivity index (χ0v) is 10.9. The zero-order valence-electron chi connectivity index (χ0n) is 10.9. The van der Waals surface area contributed by atoms with E-state index < -0.39 is 0 Å². The van der Waals surface area contributed by atoms with E-state index in [4.69, 9.17) is 16.2 Å². The van der Waals surface area contributed by atoms with Crippen molar-refractivity contribution in [1.82, 2.24) is 9.97 Å². The van der Waals surface area contributed by atoms with E-state index in [1.54, 1.807) is 37.5 Å². The second kappa shape index (κ2) is 5.83. The van der Waals surface area contributed by atoms with Gasteiger partial charge in [0.05, 0.1) is 7.11 Å². The molecule has 0 unspecified atom stereocenters. The summed E-state index contributed by atoms with van der Waals surface area (Å²) in [4.78, 5) is 19.6. The highest BCUT2D eigenvalue weighted by Crippen LogP contribution is 2.14. The number of anilines is 2. The smallest absolute Gasteiger partial charge is 0.221 e. The van der Waals surface area contributed by atoms with Crippen LogP contribution in [0.15, 0.2) is 36.5 Å². The number of nitrogens with two attached hydrogens (primary N) is 2. The van der Waals surface area contributed by atoms with Gasteiger partial charge in [-0.05, 0) is 36.4 Å². The molecule has 4 N–H and O–H groups in total. The summed E-state index contributed by atoms with van der Waals surface area (Å²) >= 11 is 0. The van der Waals surface area contributed by atoms with Gasteiger partial charge in [-0.2, -0.15) is 4.98 Å². The highest BCUT2D eigenvalue weighted by atomic mass is 16.5. The number of carbonyl (C=O) groups excluding carboxylic acids is 1. The molecule has 0 fully saturated rings. The van der Waals surface area contributed by atoms with Crippen LogP contribution in [0.4, 0.5) is 11.8 Å². The Kier molecular flexibility index (Phi) is 3.95. The first-order valence-electron chi connectivity index (χ1n) is 5.84. The van der Waals surface area contributed by atoms with Gasteiger partial charge in [-0.3, -0.25) is 4.79 Å². The maximum atomic E-state index is 12.0. The van der Waals surface area contributed by atoms with Crippen molar-refractivity contribution in [2.45, 2.75) is 0 Å². The predicted octanol–water partition coefficient (Wildman–Crippen LogP) is 1.55. The monoisotopic (exact) mass is 270 g/mol. The number of ketones is 1. The molecule has 6 nitrogen and oxygen atoms in total. The first kappa shape index (κ1) is 13.5. The molecule has 6 heteroatoms. The van der Waals surface area contributed by atoms with E-state index in [0.29, 0.717) is 16.9 Å². The molecule has 0 aliphatic rings. The fourth-order valence-corrected chi connectivity index (χ4v) is 1.56. The van der Waals surface area contributed by atoms with Crippen molar-refractivity contribution in [3.05, 3.63) is 47.7 Å². The van der Waals surface area contributed by atoms with E-state index in [1.807, 2.05) is 0 Å². The number of nitrogens with zero attached hydrogens (tertiary/aromatic N) is 2. The van der Waals surface area contributed by atoms with Crippen LogP contribution in [0.3, 0.4) is 0 Å². The van der Waals surface area contributed by atoms with Crippen molar-refractivity contribution in [3.8, 4) is 5.75 Å². The molecular weight excluding hydrogens is 256 g/mol. The number of nitrogen functional groups attached to an aromatic ring is 2. The molecule has 102 valence electrons. The summed E-state index contributed by atoms with van der Waals surface area (Å²) in [5, 5.41) is 0. The lowest BCUT2D eigenvalue weighted by Gasteiger charge is -2.01. The van der Waals surface area contributed by atoms with Gasteiger partial charge in [0.25, 0.3) is 0 Å². The molecule has 0 aliphatic heterocycles. The first-order valence-corrected chi connectivity index (χ1v) is 5.84. The Balaban J connectivity index is 2.15. The van der Waals surface area contributed by atoms with Crippen LogP contribution in [0, 0.1) is 0 Å². The maximum absolute atomic E-state index is 12.0. The molecule has 0 amide bonds. The van der Waals surface area contributed by atoms with E-state index in [0.717, 1.165) is 0 Å². The minimum atomic E-state index is -0.149. The largest absolute Gasteiger partial charge is 0.497 e. The molecule has 20 heavy (non-hydrogen) atoms. The average Bonchev–Trinajstić information content (AvgIpc) is 2.46. The quantitative estimate of drug-likeness (QED) is 0.645. The van der Waals surface area contributed by atoms with Gasteiger partial charge < -0.3 is 16.2 Å². The lowest BCUT2D eigenvalue weighted by Crippen LogP contribution is -2.01. The summed E-state index contributed by atoms with van der Waals surface area (Å²) < 4.78 is 5.03. The van der Waals surface area contributed by atoms with Gasteiger partial charge in [-0.25, -0.2) is 4.98 Å². The molecular formula is C14H14N4O2. The molecule has 1 aromatic heterocycles. The van der Waals surface area contributed by atoms with Gasteiger partial charge in [0, 0.05) is 17.3 Å². The maximum Gasteiger partial charge on any atom is 0.221 e. The number of hydrogen-bond donors (Lipinski definition) is 2. The molecule has 2 rings (SSSR count). The van der Waals surface area contributed by atoms with Crippen molar-refractivity contribution >= 4 is 23.6 Å². The number of benzene rings is 1. The Labute approximate surface area is 116 Å². The predicted molar refractivity (Wildman–Crippen MR) is 77.2 cm³/mol. The minimum absolute atomic E-state index is 0.0983. The Morgan fingerprint density at radius 3 is 2.55 bits per heavy atom. The van der Waals surface area contributed by atoms with Gasteiger partial charge >= 0.3 is 0 Å². The first-order chi connectivity index (χ1) is 9.60. The van der Waals surface area contributed by atoms with Crippen LogP contribution in [0.25, 0.3) is 6.08 Å². The van der Waals surface area contributed by atoms with Crippen molar-refractivity contribution in [3.63, 3.8) is 0 Å². The number of aromatic nitrogens is 2. The SMILES string of the molecule is COc1ccc(C(=O)/C=C/c2cnc(N)nc2N)cc1. The van der Waals surface area contributed by atoms with Crippen LogP contribution in [0.1, 0.15) is 15.9 Å². The summed E-state index contributed by atoms with van der Waals surface area (Å²) in [5.41, 5.74) is 12.2. The normalized spacial score (nSPS) is 10.7. The minimum Gasteiger partial charge on any atom is -0.497 e. The Morgan fingerprint density at radius 1 is 1.25 bits per heavy atom. The summed E-state index contributed by atoms with van der Waals surface area (Å²) in [6, 6.07) is 6.83. The fourth-order valence-electron chi connectivity index (χ4n) is 1.56. The van der Waals surface area contributed by atoms with E-state index in [1.165, 1.54) is 12.3 Å². The van der Waals surface area contributed by atoms with Crippen molar-refractivity contribution in [1.29, 1.82) is 0 Å². The molecule has 0 atom stereocenters. The molecule has 2 aromatic rings. The van der Waals surface area contributed by atoms with Crippen LogP contribution >= 0.6 is 0 Å². The summed E-state index contributed by atoms with van der Waals surface area (Å²) in [6.07, 6.45) is 4.43. The second-order valence-electron chi connectivity index (χ2n) is 3.99. The Bertz CT molecular complexity index is 651. The molecule has 0 bridgehead atoms. The highest BCUT2D eigenvalue weighted by molar-refractivity contribution is 6.07. The van der Waals surface area contributed by atoms with Crippen LogP contribution in [-0.4, -0.2) is 22.9 Å². The van der Waals surface area contributed by atoms with Gasteiger partial charge in [0.15, 0.2) is 5.78 Å². The highest BCUT2D eigenvalue weighted by Gasteiger charge is 2.03. The van der Waals surface area contributed by atoms with Crippen LogP contribution < -0.4 is 16.2 Å². The van der Waals surface area contributed by atoms with Crippen molar-refractivity contribution in [2.24, 2.45) is 0 Å². The molecule has 1 aromatic carbocycles. The molecule has 1 heterocycles. The van der Waals surface area contributed by atoms with Gasteiger partial charge in [-0.15, -0.1) is 0 Å². The van der Waals surface area contributed by atoms with E-state index in [9.17, 15) is 4.79 Å². The van der Waals surface area contributed by atoms with Crippen molar-refractivity contribution in [2.75, 3.05) is 18.6 Å². The molecule has 0 aliphatic carbocycles. The zero-order chi connectivity index (χ0) is 14.5. The van der Waals surface area contributed by atoms with Gasteiger partial charge in [0.2, 0.25) is 5.95 Å².